The predicted molar refractivity (Wildman–Crippen MR) is 281 cm³/mol. The molecule has 0 aromatic heterocycles. The fraction of sp³-hybridized carbons (Fsp3) is 0.804. The Morgan fingerprint density at radius 1 is 0.538 bits per heavy atom. The van der Waals surface area contributed by atoms with Gasteiger partial charge in [-0.1, -0.05) is 235 Å². The first-order valence-corrected chi connectivity index (χ1v) is 28.6. The van der Waals surface area contributed by atoms with E-state index in [0.29, 0.717) is 23.9 Å². The lowest BCUT2D eigenvalue weighted by Crippen LogP contribution is -2.46. The number of carbonyl (C=O) groups excluding carboxylic acids is 1. The molecule has 0 heterocycles. The second kappa shape index (κ2) is 47.3. The van der Waals surface area contributed by atoms with Crippen LogP contribution in [0.1, 0.15) is 239 Å². The number of allylic oxidation sites excluding steroid dienone is 10. The summed E-state index contributed by atoms with van der Waals surface area (Å²) in [6.07, 6.45) is 62.6. The smallest absolute Gasteiger partial charge is 0.391 e. The van der Waals surface area contributed by atoms with Crippen LogP contribution in [0.4, 0.5) is 0 Å². The number of phosphoric ester groups is 1. The molecule has 3 N–H and O–H groups in total. The minimum absolute atomic E-state index is 0.0681. The van der Waals surface area contributed by atoms with Gasteiger partial charge in [0.1, 0.15) is 13.2 Å². The number of phosphoric acid groups is 1. The van der Waals surface area contributed by atoms with Crippen molar-refractivity contribution in [2.24, 2.45) is 0 Å². The molecule has 0 radical (unpaired) electrons. The van der Waals surface area contributed by atoms with E-state index in [2.05, 4.69) is 79.9 Å². The van der Waals surface area contributed by atoms with Crippen LogP contribution in [0, 0.1) is 0 Å². The van der Waals surface area contributed by atoms with Crippen LogP contribution < -0.4 is 5.32 Å². The molecule has 0 aliphatic carbocycles. The largest absolute Gasteiger partial charge is 0.472 e. The number of aliphatic hydroxyl groups excluding tert-OH is 1. The highest BCUT2D eigenvalue weighted by Gasteiger charge is 2.28. The van der Waals surface area contributed by atoms with Crippen molar-refractivity contribution in [2.45, 2.75) is 251 Å². The third kappa shape index (κ3) is 49.9. The molecule has 0 aliphatic heterocycles. The molecule has 1 amide bonds. The normalized spacial score (nSPS) is 14.5. The van der Waals surface area contributed by atoms with E-state index in [-0.39, 0.29) is 19.1 Å². The van der Waals surface area contributed by atoms with E-state index in [1.165, 1.54) is 122 Å². The van der Waals surface area contributed by atoms with E-state index in [9.17, 15) is 19.4 Å². The Bertz CT molecular complexity index is 1240. The molecule has 380 valence electrons. The Morgan fingerprint density at radius 2 is 0.923 bits per heavy atom. The lowest BCUT2D eigenvalue weighted by Gasteiger charge is -2.26. The first-order chi connectivity index (χ1) is 31.5. The summed E-state index contributed by atoms with van der Waals surface area (Å²) in [5.74, 6) is -0.163. The molecule has 9 heteroatoms. The number of hydrogen-bond donors (Lipinski definition) is 3. The quantitative estimate of drug-likeness (QED) is 0.0243. The Hall–Kier alpha value is -1.80. The molecule has 0 saturated heterocycles. The Morgan fingerprint density at radius 3 is 1.35 bits per heavy atom. The molecule has 3 atom stereocenters. The van der Waals surface area contributed by atoms with E-state index in [1.54, 1.807) is 0 Å². The average Bonchev–Trinajstić information content (AvgIpc) is 3.26. The number of rotatable bonds is 49. The van der Waals surface area contributed by atoms with Gasteiger partial charge >= 0.3 is 7.82 Å². The molecule has 0 rings (SSSR count). The molecule has 0 saturated carbocycles. The van der Waals surface area contributed by atoms with Crippen LogP contribution in [0.2, 0.25) is 0 Å². The van der Waals surface area contributed by atoms with Crippen molar-refractivity contribution in [3.8, 4) is 0 Å². The third-order valence-corrected chi connectivity index (χ3v) is 13.0. The van der Waals surface area contributed by atoms with Crippen molar-refractivity contribution in [2.75, 3.05) is 40.9 Å². The van der Waals surface area contributed by atoms with Crippen molar-refractivity contribution in [1.29, 1.82) is 0 Å². The summed E-state index contributed by atoms with van der Waals surface area (Å²) >= 11 is 0. The zero-order valence-electron chi connectivity index (χ0n) is 43.2. The summed E-state index contributed by atoms with van der Waals surface area (Å²) in [4.78, 5) is 23.3. The summed E-state index contributed by atoms with van der Waals surface area (Å²) < 4.78 is 23.7. The molecular weight excluding hydrogens is 828 g/mol. The van der Waals surface area contributed by atoms with Gasteiger partial charge in [0.25, 0.3) is 0 Å². The Balaban J connectivity index is 4.27. The highest BCUT2D eigenvalue weighted by molar-refractivity contribution is 7.47. The maximum absolute atomic E-state index is 13.0. The minimum Gasteiger partial charge on any atom is -0.391 e. The van der Waals surface area contributed by atoms with Crippen molar-refractivity contribution in [1.82, 2.24) is 5.32 Å². The van der Waals surface area contributed by atoms with Gasteiger partial charge in [-0.2, -0.15) is 0 Å². The molecule has 65 heavy (non-hydrogen) atoms. The van der Waals surface area contributed by atoms with Gasteiger partial charge in [0.05, 0.1) is 39.9 Å². The number of nitrogens with zero attached hydrogens (tertiary/aromatic N) is 1. The molecule has 8 nitrogen and oxygen atoms in total. The van der Waals surface area contributed by atoms with Gasteiger partial charge in [-0.3, -0.25) is 13.8 Å². The van der Waals surface area contributed by atoms with Crippen LogP contribution in [0.25, 0.3) is 0 Å². The maximum Gasteiger partial charge on any atom is 0.472 e. The van der Waals surface area contributed by atoms with Gasteiger partial charge in [0, 0.05) is 6.42 Å². The van der Waals surface area contributed by atoms with E-state index in [0.717, 1.165) is 89.9 Å². The van der Waals surface area contributed by atoms with Crippen molar-refractivity contribution in [3.63, 3.8) is 0 Å². The molecule has 3 unspecified atom stereocenters. The first kappa shape index (κ1) is 63.2. The number of aliphatic hydroxyl groups is 1. The molecule has 0 aliphatic rings. The van der Waals surface area contributed by atoms with Crippen LogP contribution in [-0.4, -0.2) is 73.4 Å². The highest BCUT2D eigenvalue weighted by Crippen LogP contribution is 2.43. The number of carbonyl (C=O) groups is 1. The van der Waals surface area contributed by atoms with Gasteiger partial charge < -0.3 is 19.8 Å². The van der Waals surface area contributed by atoms with E-state index in [4.69, 9.17) is 9.05 Å². The van der Waals surface area contributed by atoms with Gasteiger partial charge in [0.2, 0.25) is 5.91 Å². The van der Waals surface area contributed by atoms with Crippen LogP contribution in [0.15, 0.2) is 60.8 Å². The summed E-state index contributed by atoms with van der Waals surface area (Å²) in [6.45, 7) is 4.77. The lowest BCUT2D eigenvalue weighted by molar-refractivity contribution is -0.870. The SMILES string of the molecule is CC/C=C\C/C=C\C/C=C\C/C=C\C/C=C\CCCCCCCC(=O)NC(COP(=O)(O)OCC[N+](C)(C)C)C(O)CCCCCCCCCCCCCCCCCCCCCCCC. The number of hydrogen-bond acceptors (Lipinski definition) is 5. The number of likely N-dealkylation sites (N-methyl/N-ethyl adjacent to an activating group) is 1. The summed E-state index contributed by atoms with van der Waals surface area (Å²) in [6, 6.07) is -0.775. The molecule has 0 aromatic carbocycles. The monoisotopic (exact) mass is 934 g/mol. The van der Waals surface area contributed by atoms with Gasteiger partial charge in [-0.05, 0) is 57.8 Å². The minimum atomic E-state index is -4.33. The molecule has 0 bridgehead atoms. The molecule has 0 aromatic rings. The van der Waals surface area contributed by atoms with Crippen LogP contribution >= 0.6 is 7.82 Å². The number of amides is 1. The van der Waals surface area contributed by atoms with Crippen LogP contribution in [0.3, 0.4) is 0 Å². The zero-order valence-corrected chi connectivity index (χ0v) is 44.1. The Kier molecular flexibility index (Phi) is 46.0. The summed E-state index contributed by atoms with van der Waals surface area (Å²) in [7, 11) is 1.60. The molecule has 0 spiro atoms. The topological polar surface area (TPSA) is 105 Å². The van der Waals surface area contributed by atoms with Crippen LogP contribution in [-0.2, 0) is 18.4 Å². The summed E-state index contributed by atoms with van der Waals surface area (Å²) in [5.41, 5.74) is 0. The van der Waals surface area contributed by atoms with E-state index >= 15 is 0 Å². The third-order valence-electron chi connectivity index (χ3n) is 12.0. The second-order valence-corrected chi connectivity index (χ2v) is 21.0. The zero-order chi connectivity index (χ0) is 47.8. The molecule has 0 fully saturated rings. The predicted octanol–water partition coefficient (Wildman–Crippen LogP) is 16.1. The van der Waals surface area contributed by atoms with Crippen molar-refractivity contribution in [3.05, 3.63) is 60.8 Å². The van der Waals surface area contributed by atoms with Crippen LogP contribution in [0.5, 0.6) is 0 Å². The van der Waals surface area contributed by atoms with Crippen molar-refractivity contribution < 1.29 is 32.9 Å². The average molecular weight is 934 g/mol. The fourth-order valence-electron chi connectivity index (χ4n) is 7.78. The number of nitrogens with one attached hydrogen (secondary N) is 1. The number of unbranched alkanes of at least 4 members (excludes halogenated alkanes) is 26. The van der Waals surface area contributed by atoms with E-state index < -0.39 is 20.0 Å². The van der Waals surface area contributed by atoms with Crippen molar-refractivity contribution >= 4 is 13.7 Å². The fourth-order valence-corrected chi connectivity index (χ4v) is 8.52. The second-order valence-electron chi connectivity index (χ2n) is 19.6. The first-order valence-electron chi connectivity index (χ1n) is 27.2. The van der Waals surface area contributed by atoms with Gasteiger partial charge in [-0.25, -0.2) is 4.57 Å². The maximum atomic E-state index is 13.0. The lowest BCUT2D eigenvalue weighted by atomic mass is 10.0. The summed E-state index contributed by atoms with van der Waals surface area (Å²) in [5, 5.41) is 14.0. The molecular formula is C56H106N2O6P+. The standard InChI is InChI=1S/C56H105N2O6P/c1-6-8-10-12-14-16-18-20-22-24-26-28-30-31-33-35-37-39-41-43-45-47-49-55(59)54(53-64-65(61,62)63-52-51-58(3,4)5)57-56(60)50-48-46-44-42-40-38-36-34-32-29-27-25-23-21-19-17-15-13-11-9-7-2/h9,11,15,17,21,23,27,29,34,36,54-55,59H,6-8,10,12-14,16,18-20,22,24-26,28,30-33,35,37-53H2,1-5H3,(H-,57,60,61,62)/p+1/b11-9-,17-15-,23-21-,29-27-,36-34-. The number of quaternary nitrogens is 1. The van der Waals surface area contributed by atoms with Gasteiger partial charge in [-0.15, -0.1) is 0 Å². The van der Waals surface area contributed by atoms with Gasteiger partial charge in [0.15, 0.2) is 0 Å². The van der Waals surface area contributed by atoms with E-state index in [1.807, 2.05) is 21.1 Å². The highest BCUT2D eigenvalue weighted by atomic mass is 31.2. The Labute approximate surface area is 402 Å².